The van der Waals surface area contributed by atoms with E-state index >= 15 is 0 Å². The first-order chi connectivity index (χ1) is 26.4. The zero-order valence-electron chi connectivity index (χ0n) is 29.3. The molecular formula is C42H36N2O7S3. The predicted molar refractivity (Wildman–Crippen MR) is 214 cm³/mol. The number of aliphatic hydroxyl groups is 1. The van der Waals surface area contributed by atoms with Crippen LogP contribution in [-0.2, 0) is 15.1 Å². The van der Waals surface area contributed by atoms with Crippen LogP contribution in [0.5, 0.6) is 11.5 Å². The molecule has 12 heteroatoms. The van der Waals surface area contributed by atoms with Crippen molar-refractivity contribution in [1.29, 1.82) is 0 Å². The maximum absolute atomic E-state index is 13.2. The summed E-state index contributed by atoms with van der Waals surface area (Å²) in [6.45, 7) is -0.0157. The highest BCUT2D eigenvalue weighted by Gasteiger charge is 2.42. The number of aromatic amines is 1. The topological polar surface area (TPSA) is 112 Å². The van der Waals surface area contributed by atoms with Crippen LogP contribution in [0, 0.1) is 0 Å². The molecule has 0 unspecified atom stereocenters. The Morgan fingerprint density at radius 1 is 0.741 bits per heavy atom. The monoisotopic (exact) mass is 776 g/mol. The van der Waals surface area contributed by atoms with E-state index < -0.39 is 35.3 Å². The molecule has 3 aromatic carbocycles. The molecule has 0 saturated carbocycles. The molecule has 0 amide bonds. The van der Waals surface area contributed by atoms with E-state index in [0.717, 1.165) is 31.3 Å². The number of thiophene rings is 3. The van der Waals surface area contributed by atoms with Gasteiger partial charge in [0.05, 0.1) is 32.5 Å². The van der Waals surface area contributed by atoms with Crippen LogP contribution in [0.2, 0.25) is 0 Å². The molecule has 0 spiro atoms. The molecule has 1 fully saturated rings. The number of rotatable bonds is 12. The summed E-state index contributed by atoms with van der Waals surface area (Å²) in [7, 11) is 3.24. The molecule has 4 aromatic heterocycles. The molecule has 0 aliphatic carbocycles. The average molecular weight is 777 g/mol. The third-order valence-corrected chi connectivity index (χ3v) is 13.1. The fourth-order valence-corrected chi connectivity index (χ4v) is 9.77. The Balaban J connectivity index is 1.08. The fraction of sp³-hybridized carbons (Fsp3) is 0.190. The summed E-state index contributed by atoms with van der Waals surface area (Å²) in [5, 5.41) is 13.4. The van der Waals surface area contributed by atoms with Crippen molar-refractivity contribution in [1.82, 2.24) is 9.55 Å². The zero-order chi connectivity index (χ0) is 37.2. The summed E-state index contributed by atoms with van der Waals surface area (Å²) >= 11 is 4.88. The van der Waals surface area contributed by atoms with Crippen molar-refractivity contribution in [2.75, 3.05) is 20.8 Å². The van der Waals surface area contributed by atoms with Crippen LogP contribution >= 0.6 is 34.0 Å². The molecule has 274 valence electrons. The van der Waals surface area contributed by atoms with E-state index in [9.17, 15) is 14.7 Å². The third kappa shape index (κ3) is 6.88. The lowest BCUT2D eigenvalue weighted by Crippen LogP contribution is -2.38. The normalized spacial score (nSPS) is 17.1. The molecule has 1 aliphatic rings. The largest absolute Gasteiger partial charge is 0.497 e. The van der Waals surface area contributed by atoms with E-state index in [-0.39, 0.29) is 13.0 Å². The fourth-order valence-electron chi connectivity index (χ4n) is 6.83. The first-order valence-corrected chi connectivity index (χ1v) is 19.8. The van der Waals surface area contributed by atoms with Gasteiger partial charge in [-0.2, -0.15) is 0 Å². The number of hydrogen-bond donors (Lipinski definition) is 2. The van der Waals surface area contributed by atoms with Crippen molar-refractivity contribution >= 4 is 34.0 Å². The maximum atomic E-state index is 13.2. The second-order valence-corrected chi connectivity index (χ2v) is 15.9. The first kappa shape index (κ1) is 35.9. The quantitative estimate of drug-likeness (QED) is 0.120. The van der Waals surface area contributed by atoms with E-state index in [1.807, 2.05) is 97.1 Å². The van der Waals surface area contributed by atoms with Crippen molar-refractivity contribution in [3.63, 3.8) is 0 Å². The number of aromatic nitrogens is 2. The second-order valence-electron chi connectivity index (χ2n) is 12.8. The Bertz CT molecular complexity index is 2400. The number of nitrogens with zero attached hydrogens (tertiary/aromatic N) is 1. The molecule has 54 heavy (non-hydrogen) atoms. The molecule has 7 aromatic rings. The molecule has 8 rings (SSSR count). The van der Waals surface area contributed by atoms with Crippen molar-refractivity contribution in [3.8, 4) is 41.4 Å². The summed E-state index contributed by atoms with van der Waals surface area (Å²) in [5.41, 5.74) is 0.671. The van der Waals surface area contributed by atoms with Crippen molar-refractivity contribution in [2.45, 2.75) is 30.5 Å². The number of hydrogen-bond acceptors (Lipinski definition) is 10. The number of methoxy groups -OCH3 is 2. The maximum Gasteiger partial charge on any atom is 0.330 e. The lowest BCUT2D eigenvalue weighted by molar-refractivity contribution is -0.0944. The van der Waals surface area contributed by atoms with Gasteiger partial charge in [-0.1, -0.05) is 60.7 Å². The minimum absolute atomic E-state index is 0.0157. The van der Waals surface area contributed by atoms with Gasteiger partial charge >= 0.3 is 5.69 Å². The predicted octanol–water partition coefficient (Wildman–Crippen LogP) is 8.40. The van der Waals surface area contributed by atoms with Crippen molar-refractivity contribution < 1.29 is 24.1 Å². The van der Waals surface area contributed by atoms with Crippen LogP contribution in [0.3, 0.4) is 0 Å². The minimum atomic E-state index is -1.12. The highest BCUT2D eigenvalue weighted by molar-refractivity contribution is 7.27. The summed E-state index contributed by atoms with van der Waals surface area (Å²) < 4.78 is 25.7. The van der Waals surface area contributed by atoms with Gasteiger partial charge in [-0.15, -0.1) is 34.0 Å². The van der Waals surface area contributed by atoms with Crippen molar-refractivity contribution in [2.24, 2.45) is 0 Å². The first-order valence-electron chi connectivity index (χ1n) is 17.3. The number of benzene rings is 3. The van der Waals surface area contributed by atoms with E-state index in [1.54, 1.807) is 36.9 Å². The van der Waals surface area contributed by atoms with Crippen LogP contribution in [0.15, 0.2) is 136 Å². The van der Waals surface area contributed by atoms with E-state index in [2.05, 4.69) is 28.6 Å². The van der Waals surface area contributed by atoms with Crippen LogP contribution in [0.1, 0.15) is 29.3 Å². The molecular weight excluding hydrogens is 741 g/mol. The van der Waals surface area contributed by atoms with Gasteiger partial charge in [-0.25, -0.2) is 4.79 Å². The van der Waals surface area contributed by atoms with Gasteiger partial charge in [0, 0.05) is 37.0 Å². The summed E-state index contributed by atoms with van der Waals surface area (Å²) in [5.74, 6) is 1.40. The van der Waals surface area contributed by atoms with Gasteiger partial charge in [0.25, 0.3) is 5.56 Å². The average Bonchev–Trinajstić information content (AvgIpc) is 4.04. The number of nitrogens with one attached hydrogen (secondary N) is 1. The highest BCUT2D eigenvalue weighted by Crippen LogP contribution is 2.44. The smallest absolute Gasteiger partial charge is 0.330 e. The van der Waals surface area contributed by atoms with E-state index in [4.69, 9.17) is 18.9 Å². The van der Waals surface area contributed by atoms with E-state index in [1.165, 1.54) is 31.9 Å². The number of ether oxygens (including phenoxy) is 4. The molecule has 3 atom stereocenters. The number of aliphatic hydroxyl groups excluding tert-OH is 1. The van der Waals surface area contributed by atoms with Gasteiger partial charge < -0.3 is 24.1 Å². The van der Waals surface area contributed by atoms with E-state index in [0.29, 0.717) is 17.1 Å². The highest BCUT2D eigenvalue weighted by atomic mass is 32.1. The Morgan fingerprint density at radius 3 is 1.91 bits per heavy atom. The van der Waals surface area contributed by atoms with Crippen LogP contribution in [0.4, 0.5) is 0 Å². The molecule has 9 nitrogen and oxygen atoms in total. The second kappa shape index (κ2) is 15.3. The molecule has 5 heterocycles. The molecule has 1 saturated heterocycles. The molecule has 1 aliphatic heterocycles. The van der Waals surface area contributed by atoms with Crippen LogP contribution in [-0.4, -0.2) is 47.7 Å². The Hall–Kier alpha value is -5.08. The van der Waals surface area contributed by atoms with Crippen LogP contribution in [0.25, 0.3) is 29.9 Å². The molecule has 0 radical (unpaired) electrons. The summed E-state index contributed by atoms with van der Waals surface area (Å²) in [4.78, 5) is 34.1. The van der Waals surface area contributed by atoms with Crippen LogP contribution < -0.4 is 20.7 Å². The number of H-pyrrole nitrogens is 1. The summed E-state index contributed by atoms with van der Waals surface area (Å²) in [6, 6.07) is 37.5. The van der Waals surface area contributed by atoms with Gasteiger partial charge in [0.15, 0.2) is 0 Å². The lowest BCUT2D eigenvalue weighted by atomic mass is 9.80. The lowest BCUT2D eigenvalue weighted by Gasteiger charge is -2.37. The Kier molecular flexibility index (Phi) is 10.2. The van der Waals surface area contributed by atoms with Crippen molar-refractivity contribution in [3.05, 3.63) is 164 Å². The Morgan fingerprint density at radius 2 is 1.31 bits per heavy atom. The van der Waals surface area contributed by atoms with Gasteiger partial charge in [0.2, 0.25) is 0 Å². The zero-order valence-corrected chi connectivity index (χ0v) is 31.8. The Labute approximate surface area is 323 Å². The minimum Gasteiger partial charge on any atom is -0.497 e. The standard InChI is InChI=1S/C42H36N2O7S3/c1-48-29-14-10-27(11-15-29)42(26-7-4-3-5-8-26,28-12-16-30(49-2)17-13-28)50-25-33-32(45)23-39(51-33)44-24-31(40(46)43-41(44)47)34-18-19-37(53-34)38-21-20-36(54-38)35-9-6-22-52-35/h3-22,24,32-33,39,45H,23,25H2,1-2H3,(H,43,46,47)/t32-,33+,39+/m0/s1. The van der Waals surface area contributed by atoms with Gasteiger partial charge in [0.1, 0.15) is 29.4 Å². The summed E-state index contributed by atoms with van der Waals surface area (Å²) in [6.07, 6.45) is -0.927. The molecule has 2 N–H and O–H groups in total. The third-order valence-electron chi connectivity index (χ3n) is 9.60. The van der Waals surface area contributed by atoms with Gasteiger partial charge in [-0.05, 0) is 76.7 Å². The van der Waals surface area contributed by atoms with Gasteiger partial charge in [-0.3, -0.25) is 14.3 Å². The SMILES string of the molecule is COc1ccc(C(OC[C@H]2O[C@@H](n3cc(-c4ccc(-c5ccc(-c6cccs6)s5)s4)c(=O)[nH]c3=O)C[C@@H]2O)(c2ccccc2)c2ccc(OC)cc2)cc1. The molecule has 0 bridgehead atoms.